The Labute approximate surface area is 110 Å². The molecule has 0 saturated heterocycles. The maximum Gasteiger partial charge on any atom is 0.254 e. The molecule has 0 radical (unpaired) electrons. The molecule has 0 aliphatic heterocycles. The van der Waals surface area contributed by atoms with E-state index in [1.807, 2.05) is 18.2 Å². The predicted octanol–water partition coefficient (Wildman–Crippen LogP) is 1.23. The summed E-state index contributed by atoms with van der Waals surface area (Å²) < 4.78 is 0. The lowest BCUT2D eigenvalue weighted by Gasteiger charge is -2.18. The standard InChI is InChI=1S/C14H15N3O2/c1-17(9-11-4-2-3-5-12(11)15)14(19)10-6-7-16-13(18)8-10/h2-8H,9,15H2,1H3,(H,16,18). The van der Waals surface area contributed by atoms with E-state index in [2.05, 4.69) is 4.98 Å². The first kappa shape index (κ1) is 12.9. The summed E-state index contributed by atoms with van der Waals surface area (Å²) in [6.45, 7) is 0.401. The predicted molar refractivity (Wildman–Crippen MR) is 73.7 cm³/mol. The van der Waals surface area contributed by atoms with E-state index in [9.17, 15) is 9.59 Å². The minimum absolute atomic E-state index is 0.214. The highest BCUT2D eigenvalue weighted by atomic mass is 16.2. The van der Waals surface area contributed by atoms with Crippen molar-refractivity contribution in [2.24, 2.45) is 0 Å². The number of para-hydroxylation sites is 1. The smallest absolute Gasteiger partial charge is 0.254 e. The van der Waals surface area contributed by atoms with Crippen molar-refractivity contribution >= 4 is 11.6 Å². The van der Waals surface area contributed by atoms with Crippen LogP contribution in [-0.2, 0) is 6.54 Å². The van der Waals surface area contributed by atoms with Crippen LogP contribution in [-0.4, -0.2) is 22.8 Å². The van der Waals surface area contributed by atoms with Crippen LogP contribution in [0.2, 0.25) is 0 Å². The normalized spacial score (nSPS) is 10.2. The number of amides is 1. The van der Waals surface area contributed by atoms with E-state index in [0.717, 1.165) is 5.56 Å². The fourth-order valence-electron chi connectivity index (χ4n) is 1.80. The molecule has 0 fully saturated rings. The topological polar surface area (TPSA) is 79.2 Å². The number of nitrogens with two attached hydrogens (primary N) is 1. The lowest BCUT2D eigenvalue weighted by atomic mass is 10.1. The third kappa shape index (κ3) is 3.01. The third-order valence-corrected chi connectivity index (χ3v) is 2.83. The SMILES string of the molecule is CN(Cc1ccccc1N)C(=O)c1cc[nH]c(=O)c1. The van der Waals surface area contributed by atoms with Gasteiger partial charge in [-0.3, -0.25) is 9.59 Å². The zero-order chi connectivity index (χ0) is 13.8. The number of benzene rings is 1. The minimum Gasteiger partial charge on any atom is -0.398 e. The number of aromatic amines is 1. The average Bonchev–Trinajstić information content (AvgIpc) is 2.40. The van der Waals surface area contributed by atoms with Crippen molar-refractivity contribution in [2.45, 2.75) is 6.54 Å². The Hall–Kier alpha value is -2.56. The summed E-state index contributed by atoms with van der Waals surface area (Å²) in [5.74, 6) is -0.214. The second-order valence-electron chi connectivity index (χ2n) is 4.30. The molecule has 1 amide bonds. The zero-order valence-electron chi connectivity index (χ0n) is 10.6. The summed E-state index contributed by atoms with van der Waals surface area (Å²) in [5.41, 5.74) is 7.43. The van der Waals surface area contributed by atoms with Gasteiger partial charge in [0.25, 0.3) is 5.91 Å². The molecule has 0 aliphatic rings. The number of rotatable bonds is 3. The number of anilines is 1. The van der Waals surface area contributed by atoms with Gasteiger partial charge in [0.05, 0.1) is 0 Å². The summed E-state index contributed by atoms with van der Waals surface area (Å²) in [7, 11) is 1.68. The number of pyridine rings is 1. The monoisotopic (exact) mass is 257 g/mol. The van der Waals surface area contributed by atoms with E-state index in [1.54, 1.807) is 19.2 Å². The molecule has 0 atom stereocenters. The Morgan fingerprint density at radius 2 is 2.05 bits per heavy atom. The molecule has 0 spiro atoms. The molecule has 98 valence electrons. The molecule has 2 rings (SSSR count). The second-order valence-corrected chi connectivity index (χ2v) is 4.30. The highest BCUT2D eigenvalue weighted by Gasteiger charge is 2.13. The number of nitrogens with zero attached hydrogens (tertiary/aromatic N) is 1. The molecule has 5 nitrogen and oxygen atoms in total. The van der Waals surface area contributed by atoms with Crippen LogP contribution in [0, 0.1) is 0 Å². The minimum atomic E-state index is -0.293. The van der Waals surface area contributed by atoms with Crippen LogP contribution < -0.4 is 11.3 Å². The van der Waals surface area contributed by atoms with Gasteiger partial charge in [-0.05, 0) is 17.7 Å². The van der Waals surface area contributed by atoms with E-state index in [4.69, 9.17) is 5.73 Å². The number of aromatic nitrogens is 1. The van der Waals surface area contributed by atoms with E-state index < -0.39 is 0 Å². The van der Waals surface area contributed by atoms with Gasteiger partial charge in [0.15, 0.2) is 0 Å². The van der Waals surface area contributed by atoms with Crippen LogP contribution in [0.3, 0.4) is 0 Å². The number of carbonyl (C=O) groups excluding carboxylic acids is 1. The van der Waals surface area contributed by atoms with Gasteiger partial charge in [0.2, 0.25) is 5.56 Å². The molecular weight excluding hydrogens is 242 g/mol. The van der Waals surface area contributed by atoms with Gasteiger partial charge in [-0.1, -0.05) is 18.2 Å². The number of nitrogen functional groups attached to an aromatic ring is 1. The van der Waals surface area contributed by atoms with Crippen molar-refractivity contribution in [1.82, 2.24) is 9.88 Å². The first-order valence-corrected chi connectivity index (χ1v) is 5.85. The molecule has 19 heavy (non-hydrogen) atoms. The molecule has 1 aromatic carbocycles. The Balaban J connectivity index is 2.16. The maximum absolute atomic E-state index is 12.1. The molecule has 1 heterocycles. The summed E-state index contributed by atoms with van der Waals surface area (Å²) in [5, 5.41) is 0. The van der Waals surface area contributed by atoms with E-state index >= 15 is 0 Å². The second kappa shape index (κ2) is 5.39. The van der Waals surface area contributed by atoms with Crippen molar-refractivity contribution in [3.63, 3.8) is 0 Å². The number of carbonyl (C=O) groups is 1. The Kier molecular flexibility index (Phi) is 3.66. The van der Waals surface area contributed by atoms with Crippen molar-refractivity contribution in [2.75, 3.05) is 12.8 Å². The highest BCUT2D eigenvalue weighted by molar-refractivity contribution is 5.93. The molecule has 2 aromatic rings. The van der Waals surface area contributed by atoms with E-state index in [-0.39, 0.29) is 11.5 Å². The van der Waals surface area contributed by atoms with Gasteiger partial charge in [0, 0.05) is 37.1 Å². The van der Waals surface area contributed by atoms with Gasteiger partial charge < -0.3 is 15.6 Å². The fourth-order valence-corrected chi connectivity index (χ4v) is 1.80. The van der Waals surface area contributed by atoms with Crippen LogP contribution in [0.15, 0.2) is 47.4 Å². The zero-order valence-corrected chi connectivity index (χ0v) is 10.6. The third-order valence-electron chi connectivity index (χ3n) is 2.83. The van der Waals surface area contributed by atoms with Crippen LogP contribution in [0.1, 0.15) is 15.9 Å². The van der Waals surface area contributed by atoms with Gasteiger partial charge in [-0.2, -0.15) is 0 Å². The first-order chi connectivity index (χ1) is 9.08. The molecule has 0 bridgehead atoms. The van der Waals surface area contributed by atoms with Crippen molar-refractivity contribution in [3.05, 3.63) is 64.1 Å². The van der Waals surface area contributed by atoms with Gasteiger partial charge in [0.1, 0.15) is 0 Å². The number of H-pyrrole nitrogens is 1. The lowest BCUT2D eigenvalue weighted by molar-refractivity contribution is 0.0785. The molecule has 5 heteroatoms. The van der Waals surface area contributed by atoms with Crippen molar-refractivity contribution in [3.8, 4) is 0 Å². The summed E-state index contributed by atoms with van der Waals surface area (Å²) in [6.07, 6.45) is 1.46. The van der Waals surface area contributed by atoms with Crippen LogP contribution in [0.5, 0.6) is 0 Å². The molecule has 0 saturated carbocycles. The fraction of sp³-hybridized carbons (Fsp3) is 0.143. The molecule has 3 N–H and O–H groups in total. The largest absolute Gasteiger partial charge is 0.398 e. The van der Waals surface area contributed by atoms with E-state index in [0.29, 0.717) is 17.8 Å². The Morgan fingerprint density at radius 3 is 2.74 bits per heavy atom. The van der Waals surface area contributed by atoms with Crippen LogP contribution >= 0.6 is 0 Å². The summed E-state index contributed by atoms with van der Waals surface area (Å²) in [6, 6.07) is 10.2. The van der Waals surface area contributed by atoms with Crippen LogP contribution in [0.4, 0.5) is 5.69 Å². The Bertz CT molecular complexity index is 649. The van der Waals surface area contributed by atoms with Gasteiger partial charge >= 0.3 is 0 Å². The number of nitrogens with one attached hydrogen (secondary N) is 1. The molecule has 1 aromatic heterocycles. The maximum atomic E-state index is 12.1. The summed E-state index contributed by atoms with van der Waals surface area (Å²) in [4.78, 5) is 27.3. The Morgan fingerprint density at radius 1 is 1.32 bits per heavy atom. The lowest BCUT2D eigenvalue weighted by Crippen LogP contribution is -2.27. The van der Waals surface area contributed by atoms with Crippen LogP contribution in [0.25, 0.3) is 0 Å². The van der Waals surface area contributed by atoms with Crippen molar-refractivity contribution < 1.29 is 4.79 Å². The quantitative estimate of drug-likeness (QED) is 0.812. The highest BCUT2D eigenvalue weighted by Crippen LogP contribution is 2.13. The average molecular weight is 257 g/mol. The molecule has 0 unspecified atom stereocenters. The number of hydrogen-bond acceptors (Lipinski definition) is 3. The summed E-state index contributed by atoms with van der Waals surface area (Å²) >= 11 is 0. The van der Waals surface area contributed by atoms with Gasteiger partial charge in [-0.25, -0.2) is 0 Å². The van der Waals surface area contributed by atoms with E-state index in [1.165, 1.54) is 17.2 Å². The van der Waals surface area contributed by atoms with Crippen molar-refractivity contribution in [1.29, 1.82) is 0 Å². The molecular formula is C14H15N3O2. The number of hydrogen-bond donors (Lipinski definition) is 2. The molecule has 0 aliphatic carbocycles. The first-order valence-electron chi connectivity index (χ1n) is 5.85. The van der Waals surface area contributed by atoms with Gasteiger partial charge in [-0.15, -0.1) is 0 Å².